The molecule has 1 aliphatic heterocycles. The van der Waals surface area contributed by atoms with Crippen molar-refractivity contribution in [3.8, 4) is 0 Å². The van der Waals surface area contributed by atoms with Crippen molar-refractivity contribution in [3.05, 3.63) is 23.2 Å². The summed E-state index contributed by atoms with van der Waals surface area (Å²) in [4.78, 5) is 4.73. The number of nitrogens with zero attached hydrogens (tertiary/aromatic N) is 1. The second kappa shape index (κ2) is 4.69. The van der Waals surface area contributed by atoms with E-state index in [-0.39, 0.29) is 5.54 Å². The lowest BCUT2D eigenvalue weighted by Gasteiger charge is -2.29. The third-order valence-corrected chi connectivity index (χ3v) is 3.69. The molecule has 1 atom stereocenters. The van der Waals surface area contributed by atoms with E-state index in [9.17, 15) is 0 Å². The van der Waals surface area contributed by atoms with Crippen LogP contribution in [0.25, 0.3) is 0 Å². The highest BCUT2D eigenvalue weighted by molar-refractivity contribution is 6.31. The van der Waals surface area contributed by atoms with Crippen LogP contribution < -0.4 is 5.32 Å². The lowest BCUT2D eigenvalue weighted by atomic mass is 9.91. The van der Waals surface area contributed by atoms with Crippen molar-refractivity contribution >= 4 is 28.7 Å². The van der Waals surface area contributed by atoms with Gasteiger partial charge in [-0.15, -0.1) is 0 Å². The Bertz CT molecular complexity index is 454. The second-order valence-electron chi connectivity index (χ2n) is 4.91. The molecule has 1 heterocycles. The smallest absolute Gasteiger partial charge is 0.0875 e. The van der Waals surface area contributed by atoms with E-state index in [1.165, 1.54) is 5.71 Å². The summed E-state index contributed by atoms with van der Waals surface area (Å²) >= 11 is 6.03. The fourth-order valence-corrected chi connectivity index (χ4v) is 2.32. The molecule has 0 aromatic heterocycles. The molecule has 0 aliphatic carbocycles. The Morgan fingerprint density at radius 2 is 2.18 bits per heavy atom. The molecule has 0 fully saturated rings. The minimum Gasteiger partial charge on any atom is -0.378 e. The van der Waals surface area contributed by atoms with Gasteiger partial charge in [0.15, 0.2) is 0 Å². The third-order valence-electron chi connectivity index (χ3n) is 3.46. The van der Waals surface area contributed by atoms with Crippen LogP contribution in [0.1, 0.15) is 40.0 Å². The summed E-state index contributed by atoms with van der Waals surface area (Å²) in [6, 6.07) is 5.87. The second-order valence-corrected chi connectivity index (χ2v) is 5.35. The zero-order valence-corrected chi connectivity index (χ0v) is 11.4. The number of aliphatic imine (C=N–C) groups is 1. The molecule has 1 N–H and O–H groups in total. The molecule has 2 nitrogen and oxygen atoms in total. The molecule has 1 unspecified atom stereocenters. The summed E-state index contributed by atoms with van der Waals surface area (Å²) in [5.41, 5.74) is 3.38. The van der Waals surface area contributed by atoms with Gasteiger partial charge in [-0.1, -0.05) is 25.4 Å². The molecule has 92 valence electrons. The van der Waals surface area contributed by atoms with E-state index < -0.39 is 0 Å². The lowest BCUT2D eigenvalue weighted by Crippen LogP contribution is -2.35. The molecule has 1 aromatic rings. The monoisotopic (exact) mass is 250 g/mol. The Morgan fingerprint density at radius 3 is 2.82 bits per heavy atom. The first-order valence-corrected chi connectivity index (χ1v) is 6.58. The maximum Gasteiger partial charge on any atom is 0.0875 e. The van der Waals surface area contributed by atoms with Crippen LogP contribution in [0, 0.1) is 0 Å². The van der Waals surface area contributed by atoms with Crippen molar-refractivity contribution in [2.75, 3.05) is 5.32 Å². The first-order valence-electron chi connectivity index (χ1n) is 6.20. The van der Waals surface area contributed by atoms with Crippen LogP contribution in [0.2, 0.25) is 5.02 Å². The van der Waals surface area contributed by atoms with Crippen LogP contribution in [0.4, 0.5) is 11.4 Å². The Morgan fingerprint density at radius 1 is 1.41 bits per heavy atom. The van der Waals surface area contributed by atoms with E-state index in [1.807, 2.05) is 18.2 Å². The Kier molecular flexibility index (Phi) is 3.43. The number of fused-ring (bicyclic) bond motifs is 1. The molecule has 0 amide bonds. The van der Waals surface area contributed by atoms with Crippen LogP contribution in [-0.4, -0.2) is 11.3 Å². The summed E-state index contributed by atoms with van der Waals surface area (Å²) in [5.74, 6) is 0. The van der Waals surface area contributed by atoms with Gasteiger partial charge in [-0.2, -0.15) is 0 Å². The SMILES string of the molecule is CCC1=Nc2cc(Cl)ccc2NC(C)(CC)C1. The highest BCUT2D eigenvalue weighted by atomic mass is 35.5. The minimum absolute atomic E-state index is 0.0912. The highest BCUT2D eigenvalue weighted by Gasteiger charge is 2.27. The van der Waals surface area contributed by atoms with Gasteiger partial charge in [0.2, 0.25) is 0 Å². The molecule has 0 radical (unpaired) electrons. The molecular weight excluding hydrogens is 232 g/mol. The topological polar surface area (TPSA) is 24.4 Å². The van der Waals surface area contributed by atoms with Crippen molar-refractivity contribution < 1.29 is 0 Å². The van der Waals surface area contributed by atoms with Crippen molar-refractivity contribution in [1.82, 2.24) is 0 Å². The van der Waals surface area contributed by atoms with Crippen LogP contribution in [-0.2, 0) is 0 Å². The maximum atomic E-state index is 6.03. The highest BCUT2D eigenvalue weighted by Crippen LogP contribution is 2.36. The number of nitrogens with one attached hydrogen (secondary N) is 1. The largest absolute Gasteiger partial charge is 0.378 e. The molecule has 0 saturated carbocycles. The van der Waals surface area contributed by atoms with Gasteiger partial charge in [-0.3, -0.25) is 4.99 Å². The summed E-state index contributed by atoms with van der Waals surface area (Å²) in [7, 11) is 0. The van der Waals surface area contributed by atoms with Gasteiger partial charge in [0.05, 0.1) is 11.4 Å². The van der Waals surface area contributed by atoms with E-state index in [0.717, 1.165) is 35.7 Å². The van der Waals surface area contributed by atoms with E-state index in [1.54, 1.807) is 0 Å². The molecule has 3 heteroatoms. The molecule has 17 heavy (non-hydrogen) atoms. The third kappa shape index (κ3) is 2.63. The number of halogens is 1. The van der Waals surface area contributed by atoms with E-state index in [4.69, 9.17) is 16.6 Å². The predicted molar refractivity (Wildman–Crippen MR) is 75.8 cm³/mol. The lowest BCUT2D eigenvalue weighted by molar-refractivity contribution is 0.514. The van der Waals surface area contributed by atoms with E-state index in [2.05, 4.69) is 26.1 Å². The molecule has 1 aromatic carbocycles. The first kappa shape index (κ1) is 12.4. The Labute approximate surface area is 108 Å². The quantitative estimate of drug-likeness (QED) is 0.801. The van der Waals surface area contributed by atoms with Gasteiger partial charge in [0.1, 0.15) is 0 Å². The van der Waals surface area contributed by atoms with Crippen molar-refractivity contribution in [2.45, 2.75) is 45.6 Å². The summed E-state index contributed by atoms with van der Waals surface area (Å²) in [6.45, 7) is 6.62. The maximum absolute atomic E-state index is 6.03. The number of rotatable bonds is 2. The Hall–Kier alpha value is -1.02. The normalized spacial score (nSPS) is 23.4. The average molecular weight is 251 g/mol. The van der Waals surface area contributed by atoms with Crippen molar-refractivity contribution in [2.24, 2.45) is 4.99 Å². The average Bonchev–Trinajstić information content (AvgIpc) is 2.45. The first-order chi connectivity index (χ1) is 8.06. The number of anilines is 1. The molecule has 2 rings (SSSR count). The van der Waals surface area contributed by atoms with Crippen LogP contribution in [0.5, 0.6) is 0 Å². The predicted octanol–water partition coefficient (Wildman–Crippen LogP) is 4.81. The van der Waals surface area contributed by atoms with Crippen LogP contribution in [0.3, 0.4) is 0 Å². The van der Waals surface area contributed by atoms with Gasteiger partial charge >= 0.3 is 0 Å². The van der Waals surface area contributed by atoms with Crippen LogP contribution >= 0.6 is 11.6 Å². The van der Waals surface area contributed by atoms with Gasteiger partial charge < -0.3 is 5.32 Å². The molecule has 0 spiro atoms. The molecular formula is C14H19ClN2. The zero-order valence-electron chi connectivity index (χ0n) is 10.7. The fraction of sp³-hybridized carbons (Fsp3) is 0.500. The van der Waals surface area contributed by atoms with E-state index in [0.29, 0.717) is 0 Å². The molecule has 1 aliphatic rings. The Balaban J connectivity index is 2.49. The van der Waals surface area contributed by atoms with Gasteiger partial charge in [0, 0.05) is 22.7 Å². The van der Waals surface area contributed by atoms with Crippen molar-refractivity contribution in [3.63, 3.8) is 0 Å². The van der Waals surface area contributed by atoms with Gasteiger partial charge in [-0.25, -0.2) is 0 Å². The zero-order chi connectivity index (χ0) is 12.5. The summed E-state index contributed by atoms with van der Waals surface area (Å²) < 4.78 is 0. The van der Waals surface area contributed by atoms with Crippen molar-refractivity contribution in [1.29, 1.82) is 0 Å². The van der Waals surface area contributed by atoms with Gasteiger partial charge in [0.25, 0.3) is 0 Å². The standard InChI is InChI=1S/C14H19ClN2/c1-4-11-9-14(3,5-2)17-12-7-6-10(15)8-13(12)16-11/h6-8,17H,4-5,9H2,1-3H3. The molecule has 0 bridgehead atoms. The van der Waals surface area contributed by atoms with Crippen LogP contribution in [0.15, 0.2) is 23.2 Å². The van der Waals surface area contributed by atoms with E-state index >= 15 is 0 Å². The summed E-state index contributed by atoms with van der Waals surface area (Å²) in [5, 5.41) is 4.34. The summed E-state index contributed by atoms with van der Waals surface area (Å²) in [6.07, 6.45) is 3.06. The number of hydrogen-bond donors (Lipinski definition) is 1. The van der Waals surface area contributed by atoms with Gasteiger partial charge in [-0.05, 0) is 38.0 Å². The molecule has 0 saturated heterocycles. The minimum atomic E-state index is 0.0912. The number of benzene rings is 1. The number of hydrogen-bond acceptors (Lipinski definition) is 2. The fourth-order valence-electron chi connectivity index (χ4n) is 2.15.